The normalized spacial score (nSPS) is 14.2. The van der Waals surface area contributed by atoms with Gasteiger partial charge in [-0.2, -0.15) is 0 Å². The van der Waals surface area contributed by atoms with Gasteiger partial charge in [0.25, 0.3) is 5.91 Å². The first kappa shape index (κ1) is 18.8. The number of fused-ring (bicyclic) bond motifs is 1. The summed E-state index contributed by atoms with van der Waals surface area (Å²) in [6.07, 6.45) is 1.78. The third-order valence-electron chi connectivity index (χ3n) is 4.27. The van der Waals surface area contributed by atoms with Crippen molar-refractivity contribution in [2.45, 2.75) is 6.92 Å². The number of hydrogen-bond acceptors (Lipinski definition) is 4. The highest BCUT2D eigenvalue weighted by Crippen LogP contribution is 2.45. The molecule has 3 rings (SSSR count). The number of rotatable bonds is 4. The Kier molecular flexibility index (Phi) is 5.29. The smallest absolute Gasteiger partial charge is 0.256 e. The third-order valence-corrected chi connectivity index (χ3v) is 5.72. The van der Waals surface area contributed by atoms with Gasteiger partial charge in [0.2, 0.25) is 0 Å². The fourth-order valence-electron chi connectivity index (χ4n) is 2.93. The van der Waals surface area contributed by atoms with Crippen LogP contribution in [0.2, 0.25) is 0 Å². The van der Waals surface area contributed by atoms with Crippen molar-refractivity contribution in [3.63, 3.8) is 0 Å². The van der Waals surface area contributed by atoms with Gasteiger partial charge >= 0.3 is 0 Å². The second-order valence-electron chi connectivity index (χ2n) is 5.67. The molecule has 5 nitrogen and oxygen atoms in total. The number of hydrogen-bond donors (Lipinski definition) is 1. The van der Waals surface area contributed by atoms with E-state index in [4.69, 9.17) is 14.2 Å². The van der Waals surface area contributed by atoms with Crippen molar-refractivity contribution in [2.75, 3.05) is 26.6 Å². The molecule has 7 heteroatoms. The minimum Gasteiger partial charge on any atom is -0.496 e. The standard InChI is InChI=1S/C19H17Br2NO4/c1-9-13(20)8-14(21)18-17(9)12(19(23)22-18)7-11-15(25-3)5-10(24-2)6-16(11)26-4/h5-8H,1-4H3,(H,22,23). The zero-order valence-corrected chi connectivity index (χ0v) is 17.9. The SMILES string of the molecule is COc1cc(OC)c(C=C2C(=O)Nc3c(Br)cc(Br)c(C)c32)c(OC)c1. The monoisotopic (exact) mass is 481 g/mol. The number of amides is 1. The topological polar surface area (TPSA) is 56.8 Å². The van der Waals surface area contributed by atoms with Crippen LogP contribution in [0, 0.1) is 6.92 Å². The van der Waals surface area contributed by atoms with Crippen LogP contribution in [0.5, 0.6) is 17.2 Å². The molecule has 136 valence electrons. The van der Waals surface area contributed by atoms with Crippen LogP contribution in [-0.4, -0.2) is 27.2 Å². The van der Waals surface area contributed by atoms with E-state index in [9.17, 15) is 4.79 Å². The Morgan fingerprint density at radius 3 is 2.12 bits per heavy atom. The minimum atomic E-state index is -0.179. The van der Waals surface area contributed by atoms with Crippen molar-refractivity contribution < 1.29 is 19.0 Å². The average molecular weight is 483 g/mol. The molecule has 0 aliphatic carbocycles. The van der Waals surface area contributed by atoms with E-state index >= 15 is 0 Å². The summed E-state index contributed by atoms with van der Waals surface area (Å²) in [5, 5.41) is 2.92. The van der Waals surface area contributed by atoms with Gasteiger partial charge in [-0.05, 0) is 40.6 Å². The van der Waals surface area contributed by atoms with Gasteiger partial charge in [-0.1, -0.05) is 15.9 Å². The first-order chi connectivity index (χ1) is 12.4. The summed E-state index contributed by atoms with van der Waals surface area (Å²) in [6.45, 7) is 1.96. The van der Waals surface area contributed by atoms with Crippen molar-refractivity contribution in [1.29, 1.82) is 0 Å². The van der Waals surface area contributed by atoms with E-state index in [1.54, 1.807) is 39.5 Å². The third kappa shape index (κ3) is 3.10. The Hall–Kier alpha value is -1.99. The van der Waals surface area contributed by atoms with Gasteiger partial charge in [0.1, 0.15) is 17.2 Å². The highest BCUT2D eigenvalue weighted by atomic mass is 79.9. The van der Waals surface area contributed by atoms with Gasteiger partial charge in [0, 0.05) is 26.6 Å². The molecule has 26 heavy (non-hydrogen) atoms. The lowest BCUT2D eigenvalue weighted by molar-refractivity contribution is -0.110. The first-order valence-electron chi connectivity index (χ1n) is 7.73. The van der Waals surface area contributed by atoms with Gasteiger partial charge in [0.15, 0.2) is 0 Å². The molecule has 1 amide bonds. The fraction of sp³-hybridized carbons (Fsp3) is 0.211. The van der Waals surface area contributed by atoms with Crippen molar-refractivity contribution in [1.82, 2.24) is 0 Å². The average Bonchev–Trinajstić information content (AvgIpc) is 2.97. The fourth-order valence-corrected chi connectivity index (χ4v) is 4.19. The van der Waals surface area contributed by atoms with Gasteiger partial charge in [-0.3, -0.25) is 4.79 Å². The molecule has 0 radical (unpaired) electrons. The molecule has 2 aromatic rings. The van der Waals surface area contributed by atoms with Crippen LogP contribution in [-0.2, 0) is 4.79 Å². The molecule has 1 aliphatic rings. The van der Waals surface area contributed by atoms with E-state index in [2.05, 4.69) is 37.2 Å². The molecule has 0 bridgehead atoms. The van der Waals surface area contributed by atoms with Crippen molar-refractivity contribution >= 4 is 55.1 Å². The van der Waals surface area contributed by atoms with Crippen LogP contribution >= 0.6 is 31.9 Å². The second kappa shape index (κ2) is 7.32. The summed E-state index contributed by atoms with van der Waals surface area (Å²) >= 11 is 7.06. The summed E-state index contributed by atoms with van der Waals surface area (Å²) in [6, 6.07) is 5.44. The number of benzene rings is 2. The molecule has 1 N–H and O–H groups in total. The number of carbonyl (C=O) groups excluding carboxylic acids is 1. The lowest BCUT2D eigenvalue weighted by Crippen LogP contribution is -2.04. The van der Waals surface area contributed by atoms with Gasteiger partial charge in [0.05, 0.1) is 38.2 Å². The van der Waals surface area contributed by atoms with E-state index in [1.165, 1.54) is 0 Å². The van der Waals surface area contributed by atoms with Crippen LogP contribution in [0.3, 0.4) is 0 Å². The molecule has 0 unspecified atom stereocenters. The Bertz CT molecular complexity index is 913. The molecule has 0 aromatic heterocycles. The lowest BCUT2D eigenvalue weighted by atomic mass is 9.98. The van der Waals surface area contributed by atoms with Crippen LogP contribution in [0.15, 0.2) is 27.1 Å². The molecular formula is C19H17Br2NO4. The van der Waals surface area contributed by atoms with E-state index in [1.807, 2.05) is 13.0 Å². The summed E-state index contributed by atoms with van der Waals surface area (Å²) in [5.74, 6) is 1.55. The Morgan fingerprint density at radius 2 is 1.58 bits per heavy atom. The van der Waals surface area contributed by atoms with E-state index in [0.717, 1.165) is 25.8 Å². The van der Waals surface area contributed by atoms with E-state index < -0.39 is 0 Å². The Morgan fingerprint density at radius 1 is 0.962 bits per heavy atom. The van der Waals surface area contributed by atoms with Gasteiger partial charge < -0.3 is 19.5 Å². The van der Waals surface area contributed by atoms with Crippen molar-refractivity contribution in [3.05, 3.63) is 43.8 Å². The number of halogens is 2. The number of ether oxygens (including phenoxy) is 3. The van der Waals surface area contributed by atoms with Crippen LogP contribution in [0.25, 0.3) is 11.6 Å². The van der Waals surface area contributed by atoms with E-state index in [0.29, 0.717) is 28.4 Å². The number of anilines is 1. The highest BCUT2D eigenvalue weighted by Gasteiger charge is 2.30. The number of nitrogens with one attached hydrogen (secondary N) is 1. The molecule has 0 saturated heterocycles. The lowest BCUT2D eigenvalue weighted by Gasteiger charge is -2.14. The van der Waals surface area contributed by atoms with Crippen LogP contribution in [0.4, 0.5) is 5.69 Å². The summed E-state index contributed by atoms with van der Waals surface area (Å²) in [7, 11) is 4.71. The molecule has 0 saturated carbocycles. The molecular weight excluding hydrogens is 466 g/mol. The number of methoxy groups -OCH3 is 3. The summed E-state index contributed by atoms with van der Waals surface area (Å²) in [4.78, 5) is 12.7. The minimum absolute atomic E-state index is 0.179. The zero-order valence-electron chi connectivity index (χ0n) is 14.7. The molecule has 0 atom stereocenters. The summed E-state index contributed by atoms with van der Waals surface area (Å²) in [5.41, 5.74) is 3.79. The summed E-state index contributed by atoms with van der Waals surface area (Å²) < 4.78 is 18.0. The maximum atomic E-state index is 12.7. The predicted octanol–water partition coefficient (Wildman–Crippen LogP) is 5.04. The van der Waals surface area contributed by atoms with Crippen molar-refractivity contribution in [2.24, 2.45) is 0 Å². The van der Waals surface area contributed by atoms with Crippen LogP contribution in [0.1, 0.15) is 16.7 Å². The van der Waals surface area contributed by atoms with Crippen LogP contribution < -0.4 is 19.5 Å². The highest BCUT2D eigenvalue weighted by molar-refractivity contribution is 9.11. The zero-order chi connectivity index (χ0) is 19.0. The molecule has 2 aromatic carbocycles. The molecule has 0 fully saturated rings. The van der Waals surface area contributed by atoms with E-state index in [-0.39, 0.29) is 5.91 Å². The second-order valence-corrected chi connectivity index (χ2v) is 7.38. The quantitative estimate of drug-likeness (QED) is 0.620. The van der Waals surface area contributed by atoms with Gasteiger partial charge in [-0.25, -0.2) is 0 Å². The van der Waals surface area contributed by atoms with Gasteiger partial charge in [-0.15, -0.1) is 0 Å². The molecule has 1 heterocycles. The Labute approximate surface area is 168 Å². The Balaban J connectivity index is 2.27. The predicted molar refractivity (Wildman–Crippen MR) is 109 cm³/mol. The molecule has 0 spiro atoms. The molecule has 1 aliphatic heterocycles. The maximum absolute atomic E-state index is 12.7. The maximum Gasteiger partial charge on any atom is 0.256 e. The number of carbonyl (C=O) groups is 1. The van der Waals surface area contributed by atoms with Crippen molar-refractivity contribution in [3.8, 4) is 17.2 Å². The largest absolute Gasteiger partial charge is 0.496 e. The first-order valence-corrected chi connectivity index (χ1v) is 9.31.